The number of hydrogen-bond acceptors (Lipinski definition) is 5. The maximum atomic E-state index is 12.5. The van der Waals surface area contributed by atoms with Crippen molar-refractivity contribution in [2.24, 2.45) is 0 Å². The average Bonchev–Trinajstić information content (AvgIpc) is 3.53. The average molecular weight is 1200 g/mol. The summed E-state index contributed by atoms with van der Waals surface area (Å²) in [6.07, 6.45) is 96.9. The van der Waals surface area contributed by atoms with Gasteiger partial charge in [-0.2, -0.15) is 0 Å². The van der Waals surface area contributed by atoms with Crippen molar-refractivity contribution < 1.29 is 24.5 Å². The summed E-state index contributed by atoms with van der Waals surface area (Å²) in [5, 5.41) is 23.3. The number of rotatable bonds is 73. The Bertz CT molecular complexity index is 1380. The number of allylic oxidation sites excluding steroid dienone is 5. The van der Waals surface area contributed by atoms with E-state index in [0.29, 0.717) is 19.4 Å². The van der Waals surface area contributed by atoms with E-state index in [4.69, 9.17) is 4.74 Å². The van der Waals surface area contributed by atoms with Gasteiger partial charge in [0.05, 0.1) is 25.4 Å². The summed E-state index contributed by atoms with van der Waals surface area (Å²) >= 11 is 0. The number of aliphatic hydroxyl groups excluding tert-OH is 2. The van der Waals surface area contributed by atoms with Gasteiger partial charge in [0.1, 0.15) is 0 Å². The largest absolute Gasteiger partial charge is 0.466 e. The van der Waals surface area contributed by atoms with E-state index in [-0.39, 0.29) is 18.5 Å². The highest BCUT2D eigenvalue weighted by molar-refractivity contribution is 5.76. The van der Waals surface area contributed by atoms with Crippen LogP contribution in [0, 0.1) is 0 Å². The van der Waals surface area contributed by atoms with Crippen molar-refractivity contribution in [1.29, 1.82) is 0 Å². The number of aliphatic hydroxyl groups is 2. The minimum Gasteiger partial charge on any atom is -0.466 e. The molecule has 1 amide bonds. The molecule has 3 N–H and O–H groups in total. The summed E-state index contributed by atoms with van der Waals surface area (Å²) < 4.78 is 5.49. The second-order valence-corrected chi connectivity index (χ2v) is 26.7. The number of carbonyl (C=O) groups is 2. The molecule has 85 heavy (non-hydrogen) atoms. The van der Waals surface area contributed by atoms with Crippen molar-refractivity contribution in [3.05, 3.63) is 36.5 Å². The van der Waals surface area contributed by atoms with Gasteiger partial charge in [0, 0.05) is 12.8 Å². The third-order valence-corrected chi connectivity index (χ3v) is 18.2. The van der Waals surface area contributed by atoms with Crippen LogP contribution in [-0.4, -0.2) is 47.4 Å². The van der Waals surface area contributed by atoms with Gasteiger partial charge in [-0.15, -0.1) is 0 Å². The van der Waals surface area contributed by atoms with E-state index in [9.17, 15) is 19.8 Å². The molecule has 0 rings (SSSR count). The summed E-state index contributed by atoms with van der Waals surface area (Å²) in [7, 11) is 0. The zero-order chi connectivity index (χ0) is 61.3. The van der Waals surface area contributed by atoms with Gasteiger partial charge in [-0.25, -0.2) is 0 Å². The van der Waals surface area contributed by atoms with Crippen molar-refractivity contribution in [2.45, 2.75) is 443 Å². The van der Waals surface area contributed by atoms with E-state index < -0.39 is 12.1 Å². The Hall–Kier alpha value is -1.92. The van der Waals surface area contributed by atoms with Crippen LogP contribution in [0.25, 0.3) is 0 Å². The highest BCUT2D eigenvalue weighted by atomic mass is 16.5. The quantitative estimate of drug-likeness (QED) is 0.0320. The Morgan fingerprint density at radius 2 is 0.588 bits per heavy atom. The van der Waals surface area contributed by atoms with Crippen LogP contribution in [0.15, 0.2) is 36.5 Å². The fourth-order valence-corrected chi connectivity index (χ4v) is 12.3. The molecule has 0 aromatic heterocycles. The SMILES string of the molecule is CCCCCCCCCCCCCCCCCCC/C=C/C(O)C(CO)NC(=O)CCCCCCCCCCCCCCCCCCC/C=C\C/C=C\CCCCCCCCCCCCCCCOC(=O)CCCCCCCCCCCCCC. The molecular weight excluding hydrogens is 1040 g/mol. The molecule has 0 aliphatic carbocycles. The summed E-state index contributed by atoms with van der Waals surface area (Å²) in [5.74, 6) is -0.0415. The number of carbonyl (C=O) groups excluding carboxylic acids is 2. The molecule has 0 radical (unpaired) electrons. The van der Waals surface area contributed by atoms with E-state index in [1.165, 1.54) is 360 Å². The van der Waals surface area contributed by atoms with E-state index in [0.717, 1.165) is 44.9 Å². The summed E-state index contributed by atoms with van der Waals surface area (Å²) in [6, 6.07) is -0.627. The number of ether oxygens (including phenoxy) is 1. The van der Waals surface area contributed by atoms with Crippen LogP contribution < -0.4 is 5.32 Å². The maximum Gasteiger partial charge on any atom is 0.305 e. The minimum absolute atomic E-state index is 0.0198. The fourth-order valence-electron chi connectivity index (χ4n) is 12.3. The molecule has 0 spiro atoms. The van der Waals surface area contributed by atoms with E-state index in [2.05, 4.69) is 43.5 Å². The summed E-state index contributed by atoms with van der Waals surface area (Å²) in [6.45, 7) is 4.95. The Labute approximate surface area is 532 Å². The minimum atomic E-state index is -0.843. The van der Waals surface area contributed by atoms with Gasteiger partial charge in [0.15, 0.2) is 0 Å². The van der Waals surface area contributed by atoms with E-state index in [1.807, 2.05) is 6.08 Å². The molecule has 0 saturated heterocycles. The molecule has 2 unspecified atom stereocenters. The van der Waals surface area contributed by atoms with Crippen LogP contribution in [0.5, 0.6) is 0 Å². The van der Waals surface area contributed by atoms with Crippen LogP contribution in [-0.2, 0) is 14.3 Å². The molecule has 0 fully saturated rings. The summed E-state index contributed by atoms with van der Waals surface area (Å²) in [4.78, 5) is 24.6. The lowest BCUT2D eigenvalue weighted by molar-refractivity contribution is -0.143. The Morgan fingerprint density at radius 1 is 0.329 bits per heavy atom. The predicted molar refractivity (Wildman–Crippen MR) is 375 cm³/mol. The Kier molecular flexibility index (Phi) is 72.9. The zero-order valence-corrected chi connectivity index (χ0v) is 57.6. The van der Waals surface area contributed by atoms with Crippen molar-refractivity contribution in [1.82, 2.24) is 5.32 Å². The zero-order valence-electron chi connectivity index (χ0n) is 57.6. The smallest absolute Gasteiger partial charge is 0.305 e. The lowest BCUT2D eigenvalue weighted by Gasteiger charge is -2.20. The van der Waals surface area contributed by atoms with Crippen LogP contribution in [0.3, 0.4) is 0 Å². The van der Waals surface area contributed by atoms with Gasteiger partial charge in [-0.1, -0.05) is 391 Å². The van der Waals surface area contributed by atoms with Crippen molar-refractivity contribution in [3.8, 4) is 0 Å². The van der Waals surface area contributed by atoms with Gasteiger partial charge < -0.3 is 20.3 Å². The predicted octanol–water partition coefficient (Wildman–Crippen LogP) is 25.4. The molecule has 0 aliphatic rings. The first-order valence-electron chi connectivity index (χ1n) is 38.8. The Balaban J connectivity index is 3.38. The normalized spacial score (nSPS) is 12.7. The molecule has 0 aromatic rings. The molecule has 6 nitrogen and oxygen atoms in total. The van der Waals surface area contributed by atoms with Crippen LogP contribution in [0.4, 0.5) is 0 Å². The third-order valence-electron chi connectivity index (χ3n) is 18.2. The van der Waals surface area contributed by atoms with Gasteiger partial charge in [-0.05, 0) is 64.2 Å². The standard InChI is InChI=1S/C79H151NO5/c1-3-5-7-9-11-13-15-17-18-19-39-42-45-48-51-55-59-63-67-71-77(82)76(75-81)80-78(83)72-68-64-60-56-52-49-46-43-40-37-35-33-31-29-27-25-23-21-20-22-24-26-28-30-32-34-36-38-41-44-47-50-54-58-62-66-70-74-85-79(84)73-69-65-61-57-53-16-14-12-10-8-6-4-2/h20,22,26,28,67,71,76-77,81-82H,3-19,21,23-25,27,29-66,68-70,72-75H2,1-2H3,(H,80,83)/b22-20-,28-26-,71-67+. The summed E-state index contributed by atoms with van der Waals surface area (Å²) in [5.41, 5.74) is 0. The van der Waals surface area contributed by atoms with Crippen LogP contribution in [0.1, 0.15) is 431 Å². The molecule has 0 aliphatic heterocycles. The molecule has 6 heteroatoms. The highest BCUT2D eigenvalue weighted by Crippen LogP contribution is 2.19. The maximum absolute atomic E-state index is 12.5. The number of unbranched alkanes of at least 4 members (excludes halogenated alkanes) is 58. The second-order valence-electron chi connectivity index (χ2n) is 26.7. The molecule has 0 bridgehead atoms. The molecule has 0 aromatic carbocycles. The molecule has 502 valence electrons. The first kappa shape index (κ1) is 83.1. The van der Waals surface area contributed by atoms with E-state index >= 15 is 0 Å². The third kappa shape index (κ3) is 71.0. The monoisotopic (exact) mass is 1190 g/mol. The number of nitrogens with one attached hydrogen (secondary N) is 1. The molecule has 0 heterocycles. The van der Waals surface area contributed by atoms with Crippen LogP contribution in [0.2, 0.25) is 0 Å². The first-order chi connectivity index (χ1) is 42.0. The number of amides is 1. The van der Waals surface area contributed by atoms with Crippen molar-refractivity contribution >= 4 is 11.9 Å². The van der Waals surface area contributed by atoms with Gasteiger partial charge in [0.25, 0.3) is 0 Å². The second kappa shape index (κ2) is 74.5. The molecular formula is C79H151NO5. The lowest BCUT2D eigenvalue weighted by Crippen LogP contribution is -2.45. The van der Waals surface area contributed by atoms with E-state index in [1.54, 1.807) is 6.08 Å². The van der Waals surface area contributed by atoms with Crippen molar-refractivity contribution in [3.63, 3.8) is 0 Å². The number of esters is 1. The lowest BCUT2D eigenvalue weighted by atomic mass is 10.0. The Morgan fingerprint density at radius 3 is 0.894 bits per heavy atom. The fraction of sp³-hybridized carbons (Fsp3) is 0.899. The molecule has 0 saturated carbocycles. The van der Waals surface area contributed by atoms with Gasteiger partial charge in [0.2, 0.25) is 5.91 Å². The first-order valence-corrected chi connectivity index (χ1v) is 38.8. The highest BCUT2D eigenvalue weighted by Gasteiger charge is 2.18. The van der Waals surface area contributed by atoms with Gasteiger partial charge in [-0.3, -0.25) is 9.59 Å². The topological polar surface area (TPSA) is 95.9 Å². The van der Waals surface area contributed by atoms with Gasteiger partial charge >= 0.3 is 5.97 Å². The van der Waals surface area contributed by atoms with Crippen molar-refractivity contribution in [2.75, 3.05) is 13.2 Å². The van der Waals surface area contributed by atoms with Crippen LogP contribution >= 0.6 is 0 Å². The molecule has 2 atom stereocenters. The number of hydrogen-bond donors (Lipinski definition) is 3.